The van der Waals surface area contributed by atoms with Crippen molar-refractivity contribution >= 4 is 29.7 Å². The van der Waals surface area contributed by atoms with Crippen molar-refractivity contribution in [3.8, 4) is 0 Å². The van der Waals surface area contributed by atoms with E-state index in [4.69, 9.17) is 0 Å². The lowest BCUT2D eigenvalue weighted by atomic mass is 9.92. The molecule has 0 N–H and O–H groups in total. The fraction of sp³-hybridized carbons (Fsp3) is 0.467. The highest BCUT2D eigenvalue weighted by molar-refractivity contribution is 8.04. The number of thioether (sulfide) groups is 1. The van der Waals surface area contributed by atoms with Crippen molar-refractivity contribution in [3.05, 3.63) is 75.7 Å². The minimum absolute atomic E-state index is 0.119. The lowest BCUT2D eigenvalue weighted by Gasteiger charge is -2.44. The standard InChI is InChI=1S/C30H36N2O2S/c1-21-15-17-31(18-16-21)29(33)24-13-11-23(12-14-24)19-28-30(34)32(20-25-8-4-3-7-22(25)2)26-9-5-6-10-27(26)35-28/h3-4,7-8,11-14,19,21,26-27H,5-6,9-10,15-18,20H2,1-2H3/b28-19+. The molecule has 0 aromatic heterocycles. The third kappa shape index (κ3) is 5.35. The second-order valence-electron chi connectivity index (χ2n) is 10.5. The van der Waals surface area contributed by atoms with Crippen LogP contribution in [0.1, 0.15) is 72.5 Å². The van der Waals surface area contributed by atoms with Crippen molar-refractivity contribution < 1.29 is 9.59 Å². The monoisotopic (exact) mass is 488 g/mol. The zero-order valence-corrected chi connectivity index (χ0v) is 21.7. The largest absolute Gasteiger partial charge is 0.339 e. The predicted octanol–water partition coefficient (Wildman–Crippen LogP) is 6.29. The van der Waals surface area contributed by atoms with E-state index in [0.717, 1.165) is 54.8 Å². The number of fused-ring (bicyclic) bond motifs is 1. The Labute approximate surface area is 213 Å². The summed E-state index contributed by atoms with van der Waals surface area (Å²) in [6.45, 7) is 6.74. The lowest BCUT2D eigenvalue weighted by molar-refractivity contribution is -0.130. The summed E-state index contributed by atoms with van der Waals surface area (Å²) in [7, 11) is 0. The summed E-state index contributed by atoms with van der Waals surface area (Å²) in [5, 5.41) is 0.457. The average molecular weight is 489 g/mol. The molecule has 1 saturated carbocycles. The van der Waals surface area contributed by atoms with Crippen LogP contribution in [0.5, 0.6) is 0 Å². The third-order valence-electron chi connectivity index (χ3n) is 7.95. The maximum absolute atomic E-state index is 13.7. The Morgan fingerprint density at radius 2 is 1.71 bits per heavy atom. The SMILES string of the molecule is Cc1ccccc1CN1C(=O)/C(=C\c2ccc(C(=O)N3CCC(C)CC3)cc2)SC2CCCCC21. The van der Waals surface area contributed by atoms with Gasteiger partial charge in [0.2, 0.25) is 0 Å². The molecule has 2 aromatic carbocycles. The van der Waals surface area contributed by atoms with Crippen molar-refractivity contribution in [1.82, 2.24) is 9.80 Å². The average Bonchev–Trinajstić information content (AvgIpc) is 2.88. The second-order valence-corrected chi connectivity index (χ2v) is 11.8. The number of amides is 2. The number of nitrogens with zero attached hydrogens (tertiary/aromatic N) is 2. The molecule has 2 amide bonds. The molecular weight excluding hydrogens is 452 g/mol. The fourth-order valence-corrected chi connectivity index (χ4v) is 7.07. The van der Waals surface area contributed by atoms with Crippen LogP contribution in [0.2, 0.25) is 0 Å². The van der Waals surface area contributed by atoms with E-state index in [1.165, 1.54) is 24.0 Å². The Morgan fingerprint density at radius 3 is 2.46 bits per heavy atom. The van der Waals surface area contributed by atoms with E-state index in [1.54, 1.807) is 11.8 Å². The molecule has 2 atom stereocenters. The highest BCUT2D eigenvalue weighted by Gasteiger charge is 2.40. The van der Waals surface area contributed by atoms with Crippen LogP contribution in [0.4, 0.5) is 0 Å². The number of benzene rings is 2. The number of rotatable bonds is 4. The summed E-state index contributed by atoms with van der Waals surface area (Å²) < 4.78 is 0. The number of carbonyl (C=O) groups is 2. The molecule has 2 heterocycles. The van der Waals surface area contributed by atoms with Crippen molar-refractivity contribution in [2.45, 2.75) is 70.2 Å². The highest BCUT2D eigenvalue weighted by atomic mass is 32.2. The molecule has 184 valence electrons. The molecule has 3 aliphatic rings. The van der Waals surface area contributed by atoms with Crippen molar-refractivity contribution in [2.24, 2.45) is 5.92 Å². The lowest BCUT2D eigenvalue weighted by Crippen LogP contribution is -2.50. The molecule has 4 nitrogen and oxygen atoms in total. The van der Waals surface area contributed by atoms with Gasteiger partial charge in [-0.05, 0) is 73.4 Å². The van der Waals surface area contributed by atoms with Gasteiger partial charge in [-0.1, -0.05) is 56.2 Å². The van der Waals surface area contributed by atoms with Gasteiger partial charge in [0.05, 0.1) is 4.91 Å². The Bertz CT molecular complexity index is 1100. The molecule has 2 saturated heterocycles. The Morgan fingerprint density at radius 1 is 1.00 bits per heavy atom. The summed E-state index contributed by atoms with van der Waals surface area (Å²) in [5.74, 6) is 0.963. The van der Waals surface area contributed by atoms with Gasteiger partial charge in [-0.25, -0.2) is 0 Å². The Hall–Kier alpha value is -2.53. The number of piperidine rings is 1. The number of hydrogen-bond acceptors (Lipinski definition) is 3. The van der Waals surface area contributed by atoms with Gasteiger partial charge in [-0.15, -0.1) is 11.8 Å². The summed E-state index contributed by atoms with van der Waals surface area (Å²) >= 11 is 1.77. The van der Waals surface area contributed by atoms with Gasteiger partial charge in [0, 0.05) is 36.5 Å². The van der Waals surface area contributed by atoms with E-state index < -0.39 is 0 Å². The van der Waals surface area contributed by atoms with Crippen molar-refractivity contribution in [3.63, 3.8) is 0 Å². The molecule has 0 bridgehead atoms. The molecule has 5 heteroatoms. The van der Waals surface area contributed by atoms with Crippen LogP contribution in [0.15, 0.2) is 53.4 Å². The van der Waals surface area contributed by atoms with Crippen LogP contribution < -0.4 is 0 Å². The molecule has 2 aliphatic heterocycles. The molecule has 1 aliphatic carbocycles. The van der Waals surface area contributed by atoms with Gasteiger partial charge < -0.3 is 9.80 Å². The summed E-state index contributed by atoms with van der Waals surface area (Å²) in [5.41, 5.74) is 4.18. The van der Waals surface area contributed by atoms with E-state index in [-0.39, 0.29) is 11.8 Å². The first-order valence-corrected chi connectivity index (χ1v) is 14.0. The van der Waals surface area contributed by atoms with E-state index >= 15 is 0 Å². The van der Waals surface area contributed by atoms with Crippen LogP contribution in [0.3, 0.4) is 0 Å². The summed E-state index contributed by atoms with van der Waals surface area (Å²) in [4.78, 5) is 31.5. The maximum Gasteiger partial charge on any atom is 0.260 e. The normalized spacial score (nSPS) is 24.5. The molecule has 35 heavy (non-hydrogen) atoms. The fourth-order valence-electron chi connectivity index (χ4n) is 5.60. The molecule has 2 unspecified atom stereocenters. The second kappa shape index (κ2) is 10.6. The van der Waals surface area contributed by atoms with Crippen LogP contribution >= 0.6 is 11.8 Å². The molecule has 0 radical (unpaired) electrons. The highest BCUT2D eigenvalue weighted by Crippen LogP contribution is 2.43. The van der Waals surface area contributed by atoms with Gasteiger partial charge in [0.1, 0.15) is 0 Å². The smallest absolute Gasteiger partial charge is 0.260 e. The maximum atomic E-state index is 13.7. The predicted molar refractivity (Wildman–Crippen MR) is 144 cm³/mol. The molecule has 3 fully saturated rings. The van der Waals surface area contributed by atoms with E-state index in [9.17, 15) is 9.59 Å². The van der Waals surface area contributed by atoms with Crippen LogP contribution in [0.25, 0.3) is 6.08 Å². The van der Waals surface area contributed by atoms with Gasteiger partial charge in [0.25, 0.3) is 11.8 Å². The summed E-state index contributed by atoms with van der Waals surface area (Å²) in [6, 6.07) is 16.5. The summed E-state index contributed by atoms with van der Waals surface area (Å²) in [6.07, 6.45) is 8.87. The van der Waals surface area contributed by atoms with Crippen LogP contribution in [0, 0.1) is 12.8 Å². The van der Waals surface area contributed by atoms with Gasteiger partial charge >= 0.3 is 0 Å². The van der Waals surface area contributed by atoms with Crippen molar-refractivity contribution in [2.75, 3.05) is 13.1 Å². The molecular formula is C30H36N2O2S. The zero-order valence-electron chi connectivity index (χ0n) is 20.9. The Balaban J connectivity index is 1.35. The van der Waals surface area contributed by atoms with Gasteiger partial charge in [0.15, 0.2) is 0 Å². The van der Waals surface area contributed by atoms with E-state index in [0.29, 0.717) is 23.8 Å². The molecule has 0 spiro atoms. The zero-order chi connectivity index (χ0) is 24.4. The van der Waals surface area contributed by atoms with Crippen LogP contribution in [-0.2, 0) is 11.3 Å². The Kier molecular flexibility index (Phi) is 7.33. The first-order valence-electron chi connectivity index (χ1n) is 13.1. The topological polar surface area (TPSA) is 40.6 Å². The van der Waals surface area contributed by atoms with Gasteiger partial charge in [-0.3, -0.25) is 9.59 Å². The molecule has 5 rings (SSSR count). The van der Waals surface area contributed by atoms with Gasteiger partial charge in [-0.2, -0.15) is 0 Å². The van der Waals surface area contributed by atoms with Crippen molar-refractivity contribution in [1.29, 1.82) is 0 Å². The first kappa shape index (κ1) is 24.2. The molecule has 2 aromatic rings. The number of hydrogen-bond donors (Lipinski definition) is 0. The number of aryl methyl sites for hydroxylation is 1. The number of carbonyl (C=O) groups excluding carboxylic acids is 2. The van der Waals surface area contributed by atoms with Crippen LogP contribution in [-0.4, -0.2) is 46.0 Å². The quantitative estimate of drug-likeness (QED) is 0.475. The number of likely N-dealkylation sites (tertiary alicyclic amines) is 1. The third-order valence-corrected chi connectivity index (χ3v) is 9.35. The van der Waals surface area contributed by atoms with E-state index in [1.807, 2.05) is 35.2 Å². The van der Waals surface area contributed by atoms with E-state index in [2.05, 4.69) is 43.0 Å². The first-order chi connectivity index (χ1) is 17.0. The minimum Gasteiger partial charge on any atom is -0.339 e. The minimum atomic E-state index is 0.119.